The van der Waals surface area contributed by atoms with Crippen molar-refractivity contribution in [2.24, 2.45) is 0 Å². The average Bonchev–Trinajstić information content (AvgIpc) is 2.14. The first-order chi connectivity index (χ1) is 6.67. The molecule has 0 spiro atoms. The molecular formula is C10H20O3S. The maximum Gasteiger partial charge on any atom is 0.321 e. The Morgan fingerprint density at radius 3 is 2.36 bits per heavy atom. The Labute approximate surface area is 88.7 Å². The molecule has 0 aliphatic rings. The van der Waals surface area contributed by atoms with Gasteiger partial charge in [0, 0.05) is 16.6 Å². The van der Waals surface area contributed by atoms with Crippen molar-refractivity contribution in [1.29, 1.82) is 0 Å². The van der Waals surface area contributed by atoms with Crippen molar-refractivity contribution in [1.82, 2.24) is 0 Å². The molecule has 0 saturated carbocycles. The lowest BCUT2D eigenvalue weighted by molar-refractivity contribution is -0.142. The fourth-order valence-corrected chi connectivity index (χ4v) is 2.67. The van der Waals surface area contributed by atoms with Gasteiger partial charge < -0.3 is 4.74 Å². The highest BCUT2D eigenvalue weighted by Crippen LogP contribution is 2.09. The lowest BCUT2D eigenvalue weighted by atomic mass is 10.2. The third-order valence-corrected chi connectivity index (χ3v) is 3.70. The Hall–Kier alpha value is -0.380. The molecule has 84 valence electrons. The largest absolute Gasteiger partial charge is 0.465 e. The Morgan fingerprint density at radius 2 is 1.93 bits per heavy atom. The van der Waals surface area contributed by atoms with Gasteiger partial charge in [0.15, 0.2) is 0 Å². The average molecular weight is 220 g/mol. The molecule has 0 heterocycles. The van der Waals surface area contributed by atoms with E-state index in [2.05, 4.69) is 0 Å². The zero-order chi connectivity index (χ0) is 11.0. The van der Waals surface area contributed by atoms with Crippen LogP contribution in [0.3, 0.4) is 0 Å². The van der Waals surface area contributed by atoms with Gasteiger partial charge in [-0.25, -0.2) is 0 Å². The lowest BCUT2D eigenvalue weighted by Crippen LogP contribution is -2.29. The van der Waals surface area contributed by atoms with E-state index in [0.29, 0.717) is 18.8 Å². The minimum Gasteiger partial charge on any atom is -0.465 e. The molecule has 0 radical (unpaired) electrons. The minimum atomic E-state index is -1.06. The first-order valence-electron chi connectivity index (χ1n) is 5.21. The SMILES string of the molecule is CCCC(C(=O)OCC)S(=O)CCC. The summed E-state index contributed by atoms with van der Waals surface area (Å²) in [6.45, 7) is 6.08. The Bertz CT molecular complexity index is 174. The predicted molar refractivity (Wildman–Crippen MR) is 58.6 cm³/mol. The van der Waals surface area contributed by atoms with Crippen LogP contribution in [0.5, 0.6) is 0 Å². The van der Waals surface area contributed by atoms with Crippen molar-refractivity contribution >= 4 is 16.8 Å². The van der Waals surface area contributed by atoms with E-state index in [9.17, 15) is 9.00 Å². The number of esters is 1. The molecule has 0 amide bonds. The molecule has 3 nitrogen and oxygen atoms in total. The highest BCUT2D eigenvalue weighted by atomic mass is 32.2. The van der Waals surface area contributed by atoms with E-state index < -0.39 is 16.0 Å². The minimum absolute atomic E-state index is 0.305. The molecule has 0 fully saturated rings. The van der Waals surface area contributed by atoms with Crippen molar-refractivity contribution in [3.8, 4) is 0 Å². The number of ether oxygens (including phenoxy) is 1. The normalized spacial score (nSPS) is 14.8. The van der Waals surface area contributed by atoms with E-state index in [4.69, 9.17) is 4.74 Å². The maximum absolute atomic E-state index is 11.7. The van der Waals surface area contributed by atoms with Crippen LogP contribution in [-0.4, -0.2) is 27.8 Å². The van der Waals surface area contributed by atoms with Crippen molar-refractivity contribution in [2.45, 2.75) is 45.3 Å². The van der Waals surface area contributed by atoms with E-state index in [1.165, 1.54) is 0 Å². The molecule has 0 saturated heterocycles. The number of hydrogen-bond donors (Lipinski definition) is 0. The van der Waals surface area contributed by atoms with E-state index in [-0.39, 0.29) is 5.97 Å². The second-order valence-corrected chi connectivity index (χ2v) is 4.85. The molecule has 2 atom stereocenters. The predicted octanol–water partition coefficient (Wildman–Crippen LogP) is 1.88. The van der Waals surface area contributed by atoms with Crippen molar-refractivity contribution in [2.75, 3.05) is 12.4 Å². The Kier molecular flexibility index (Phi) is 7.76. The zero-order valence-electron chi connectivity index (χ0n) is 9.25. The quantitative estimate of drug-likeness (QED) is 0.615. The molecular weight excluding hydrogens is 200 g/mol. The molecule has 0 bridgehead atoms. The van der Waals surface area contributed by atoms with Crippen LogP contribution in [0, 0.1) is 0 Å². The molecule has 0 aliphatic heterocycles. The van der Waals surface area contributed by atoms with Gasteiger partial charge in [-0.2, -0.15) is 0 Å². The third kappa shape index (κ3) is 4.74. The van der Waals surface area contributed by atoms with Gasteiger partial charge in [0.05, 0.1) is 6.61 Å². The summed E-state index contributed by atoms with van der Waals surface area (Å²) < 4.78 is 16.6. The number of carbonyl (C=O) groups is 1. The Morgan fingerprint density at radius 1 is 1.29 bits per heavy atom. The van der Waals surface area contributed by atoms with Crippen LogP contribution in [0.15, 0.2) is 0 Å². The van der Waals surface area contributed by atoms with Crippen LogP contribution in [0.25, 0.3) is 0 Å². The van der Waals surface area contributed by atoms with E-state index in [1.807, 2.05) is 13.8 Å². The molecule has 0 rings (SSSR count). The van der Waals surface area contributed by atoms with Gasteiger partial charge in [0.1, 0.15) is 5.25 Å². The van der Waals surface area contributed by atoms with Gasteiger partial charge in [-0.1, -0.05) is 20.3 Å². The first kappa shape index (κ1) is 13.6. The van der Waals surface area contributed by atoms with Crippen LogP contribution in [0.2, 0.25) is 0 Å². The summed E-state index contributed by atoms with van der Waals surface area (Å²) in [4.78, 5) is 11.4. The topological polar surface area (TPSA) is 43.4 Å². The molecule has 4 heteroatoms. The van der Waals surface area contributed by atoms with Crippen molar-refractivity contribution in [3.63, 3.8) is 0 Å². The first-order valence-corrected chi connectivity index (χ1v) is 6.59. The fraction of sp³-hybridized carbons (Fsp3) is 0.900. The summed E-state index contributed by atoms with van der Waals surface area (Å²) >= 11 is 0. The molecule has 2 unspecified atom stereocenters. The highest BCUT2D eigenvalue weighted by Gasteiger charge is 2.24. The fourth-order valence-electron chi connectivity index (χ4n) is 1.20. The summed E-state index contributed by atoms with van der Waals surface area (Å²) in [5.74, 6) is 0.282. The van der Waals surface area contributed by atoms with E-state index >= 15 is 0 Å². The van der Waals surface area contributed by atoms with E-state index in [1.54, 1.807) is 6.92 Å². The molecule has 0 aromatic carbocycles. The number of rotatable bonds is 7. The van der Waals surface area contributed by atoms with Gasteiger partial charge in [0.2, 0.25) is 0 Å². The molecule has 14 heavy (non-hydrogen) atoms. The highest BCUT2D eigenvalue weighted by molar-refractivity contribution is 7.86. The van der Waals surface area contributed by atoms with Crippen LogP contribution >= 0.6 is 0 Å². The smallest absolute Gasteiger partial charge is 0.321 e. The summed E-state index contributed by atoms with van der Waals surface area (Å²) in [5.41, 5.74) is 0. The summed E-state index contributed by atoms with van der Waals surface area (Å²) in [7, 11) is -1.06. The molecule has 0 N–H and O–H groups in total. The standard InChI is InChI=1S/C10H20O3S/c1-4-7-9(10(11)13-6-3)14(12)8-5-2/h9H,4-8H2,1-3H3. The zero-order valence-corrected chi connectivity index (χ0v) is 10.1. The monoisotopic (exact) mass is 220 g/mol. The Balaban J connectivity index is 4.25. The second-order valence-electron chi connectivity index (χ2n) is 3.11. The van der Waals surface area contributed by atoms with Gasteiger partial charge in [0.25, 0.3) is 0 Å². The van der Waals surface area contributed by atoms with Gasteiger partial charge in [-0.3, -0.25) is 9.00 Å². The van der Waals surface area contributed by atoms with Crippen molar-refractivity contribution in [3.05, 3.63) is 0 Å². The van der Waals surface area contributed by atoms with Crippen molar-refractivity contribution < 1.29 is 13.7 Å². The number of hydrogen-bond acceptors (Lipinski definition) is 3. The van der Waals surface area contributed by atoms with Crippen LogP contribution < -0.4 is 0 Å². The molecule has 0 aromatic heterocycles. The summed E-state index contributed by atoms with van der Waals surface area (Å²) in [6, 6.07) is 0. The van der Waals surface area contributed by atoms with E-state index in [0.717, 1.165) is 12.8 Å². The molecule has 0 aromatic rings. The molecule has 0 aliphatic carbocycles. The van der Waals surface area contributed by atoms with Gasteiger partial charge in [-0.15, -0.1) is 0 Å². The number of carbonyl (C=O) groups excluding carboxylic acids is 1. The van der Waals surface area contributed by atoms with Crippen LogP contribution in [-0.2, 0) is 20.3 Å². The van der Waals surface area contributed by atoms with Gasteiger partial charge >= 0.3 is 5.97 Å². The summed E-state index contributed by atoms with van der Waals surface area (Å²) in [5, 5.41) is -0.417. The van der Waals surface area contributed by atoms with Gasteiger partial charge in [-0.05, 0) is 19.8 Å². The second kappa shape index (κ2) is 7.97. The lowest BCUT2D eigenvalue weighted by Gasteiger charge is -2.13. The van der Waals surface area contributed by atoms with Crippen LogP contribution in [0.1, 0.15) is 40.0 Å². The van der Waals surface area contributed by atoms with Crippen LogP contribution in [0.4, 0.5) is 0 Å². The summed E-state index contributed by atoms with van der Waals surface area (Å²) in [6.07, 6.45) is 2.36. The third-order valence-electron chi connectivity index (χ3n) is 1.82. The maximum atomic E-state index is 11.7.